The summed E-state index contributed by atoms with van der Waals surface area (Å²) in [5.41, 5.74) is 7.12. The molecule has 8 nitrogen and oxygen atoms in total. The zero-order valence-corrected chi connectivity index (χ0v) is 15.6. The number of hydrogen-bond acceptors (Lipinski definition) is 6. The lowest BCUT2D eigenvalue weighted by Crippen LogP contribution is -2.40. The number of nitrogens with zero attached hydrogens (tertiary/aromatic N) is 4. The summed E-state index contributed by atoms with van der Waals surface area (Å²) in [6.45, 7) is 5.94. The van der Waals surface area contributed by atoms with E-state index in [1.807, 2.05) is 6.07 Å². The number of amides is 1. The number of anilines is 1. The van der Waals surface area contributed by atoms with Crippen molar-refractivity contribution in [2.24, 2.45) is 5.73 Å². The maximum atomic E-state index is 12.6. The monoisotopic (exact) mass is 369 g/mol. The summed E-state index contributed by atoms with van der Waals surface area (Å²) in [7, 11) is 0. The third-order valence-electron chi connectivity index (χ3n) is 3.73. The number of phenols is 1. The van der Waals surface area contributed by atoms with Crippen molar-refractivity contribution in [2.45, 2.75) is 26.4 Å². The number of nitrogens with two attached hydrogens (primary N) is 1. The zero-order valence-electron chi connectivity index (χ0n) is 15.6. The van der Waals surface area contributed by atoms with E-state index >= 15 is 0 Å². The molecule has 0 spiro atoms. The van der Waals surface area contributed by atoms with E-state index in [0.29, 0.717) is 17.2 Å². The number of carbonyl (C=O) groups is 1. The highest BCUT2D eigenvalue weighted by molar-refractivity contribution is 5.86. The lowest BCUT2D eigenvalue weighted by atomic mass is 10.1. The van der Waals surface area contributed by atoms with E-state index in [1.54, 1.807) is 61.8 Å². The first-order valence-electron chi connectivity index (χ1n) is 8.63. The van der Waals surface area contributed by atoms with Crippen LogP contribution >= 0.6 is 0 Å². The molecule has 1 amide bonds. The Morgan fingerprint density at radius 3 is 2.74 bits per heavy atom. The molecule has 0 fully saturated rings. The van der Waals surface area contributed by atoms with Gasteiger partial charge in [0.05, 0.1) is 11.9 Å². The van der Waals surface area contributed by atoms with Crippen LogP contribution in [-0.4, -0.2) is 44.5 Å². The van der Waals surface area contributed by atoms with Gasteiger partial charge in [0.2, 0.25) is 0 Å². The highest BCUT2D eigenvalue weighted by Crippen LogP contribution is 2.25. The van der Waals surface area contributed by atoms with Gasteiger partial charge in [-0.1, -0.05) is 12.1 Å². The van der Waals surface area contributed by atoms with Crippen LogP contribution in [-0.2, 0) is 4.74 Å². The number of carbonyl (C=O) groups excluding carboxylic acids is 1. The van der Waals surface area contributed by atoms with Crippen LogP contribution < -0.4 is 10.6 Å². The van der Waals surface area contributed by atoms with Crippen molar-refractivity contribution in [3.63, 3.8) is 0 Å². The molecule has 3 N–H and O–H groups in total. The molecule has 27 heavy (non-hydrogen) atoms. The second-order valence-corrected chi connectivity index (χ2v) is 7.08. The minimum Gasteiger partial charge on any atom is -0.508 e. The Balaban J connectivity index is 2.03. The number of aromatic nitrogens is 3. The number of ether oxygens (including phenoxy) is 1. The smallest absolute Gasteiger partial charge is 0.416 e. The molecule has 0 bridgehead atoms. The van der Waals surface area contributed by atoms with Crippen molar-refractivity contribution in [3.05, 3.63) is 42.6 Å². The summed E-state index contributed by atoms with van der Waals surface area (Å²) in [6, 6.07) is 10.3. The van der Waals surface area contributed by atoms with Crippen molar-refractivity contribution in [2.75, 3.05) is 18.0 Å². The van der Waals surface area contributed by atoms with E-state index in [1.165, 1.54) is 4.90 Å². The van der Waals surface area contributed by atoms with Gasteiger partial charge in [0.1, 0.15) is 11.4 Å². The van der Waals surface area contributed by atoms with Gasteiger partial charge >= 0.3 is 6.09 Å². The van der Waals surface area contributed by atoms with E-state index in [0.717, 1.165) is 5.56 Å². The molecule has 1 aromatic carbocycles. The molecular formula is C19H23N5O3. The lowest BCUT2D eigenvalue weighted by molar-refractivity contribution is 0.0580. The third kappa shape index (κ3) is 4.17. The van der Waals surface area contributed by atoms with Crippen molar-refractivity contribution >= 4 is 17.6 Å². The van der Waals surface area contributed by atoms with Gasteiger partial charge in [0.25, 0.3) is 0 Å². The van der Waals surface area contributed by atoms with Gasteiger partial charge in [-0.3, -0.25) is 4.90 Å². The van der Waals surface area contributed by atoms with E-state index in [9.17, 15) is 9.90 Å². The van der Waals surface area contributed by atoms with E-state index in [-0.39, 0.29) is 18.8 Å². The average molecular weight is 369 g/mol. The summed E-state index contributed by atoms with van der Waals surface area (Å²) in [4.78, 5) is 18.3. The van der Waals surface area contributed by atoms with Gasteiger partial charge in [0.15, 0.2) is 11.5 Å². The predicted octanol–water partition coefficient (Wildman–Crippen LogP) is 2.80. The number of rotatable bonds is 4. The quantitative estimate of drug-likeness (QED) is 0.732. The van der Waals surface area contributed by atoms with Gasteiger partial charge in [-0.15, -0.1) is 5.10 Å². The first-order valence-corrected chi connectivity index (χ1v) is 8.63. The Morgan fingerprint density at radius 1 is 1.30 bits per heavy atom. The molecule has 2 aromatic heterocycles. The molecule has 0 unspecified atom stereocenters. The summed E-state index contributed by atoms with van der Waals surface area (Å²) >= 11 is 0. The first kappa shape index (κ1) is 18.7. The highest BCUT2D eigenvalue weighted by atomic mass is 16.6. The minimum absolute atomic E-state index is 0.150. The number of aromatic hydroxyl groups is 1. The summed E-state index contributed by atoms with van der Waals surface area (Å²) in [6.07, 6.45) is 1.15. The van der Waals surface area contributed by atoms with Crippen LogP contribution in [0, 0.1) is 0 Å². The molecule has 142 valence electrons. The minimum atomic E-state index is -0.629. The molecule has 0 radical (unpaired) electrons. The zero-order chi connectivity index (χ0) is 19.6. The highest BCUT2D eigenvalue weighted by Gasteiger charge is 2.24. The molecule has 0 saturated heterocycles. The Labute approximate surface area is 157 Å². The average Bonchev–Trinajstić information content (AvgIpc) is 3.01. The predicted molar refractivity (Wildman–Crippen MR) is 103 cm³/mol. The first-order chi connectivity index (χ1) is 12.8. The molecule has 3 rings (SSSR count). The SMILES string of the molecule is CC(C)(C)OC(=O)N(CCN)c1ccc2ncc(-c3cccc(O)c3)n2n1. The number of fused-ring (bicyclic) bond motifs is 1. The number of hydrogen-bond donors (Lipinski definition) is 2. The second-order valence-electron chi connectivity index (χ2n) is 7.08. The largest absolute Gasteiger partial charge is 0.508 e. The number of phenolic OH excluding ortho intramolecular Hbond substituents is 1. The van der Waals surface area contributed by atoms with Crippen LogP contribution in [0.1, 0.15) is 20.8 Å². The second kappa shape index (κ2) is 7.24. The molecule has 3 aromatic rings. The fourth-order valence-electron chi connectivity index (χ4n) is 2.62. The fraction of sp³-hybridized carbons (Fsp3) is 0.316. The standard InChI is InChI=1S/C19H23N5O3/c1-19(2,3)27-18(26)23(10-9-20)17-8-7-16-21-12-15(24(16)22-17)13-5-4-6-14(25)11-13/h4-8,11-12,25H,9-10,20H2,1-3H3. The fourth-order valence-corrected chi connectivity index (χ4v) is 2.62. The van der Waals surface area contributed by atoms with Crippen molar-refractivity contribution < 1.29 is 14.6 Å². The summed E-state index contributed by atoms with van der Waals surface area (Å²) < 4.78 is 7.09. The summed E-state index contributed by atoms with van der Waals surface area (Å²) in [5.74, 6) is 0.554. The van der Waals surface area contributed by atoms with E-state index < -0.39 is 11.7 Å². The molecular weight excluding hydrogens is 346 g/mol. The van der Waals surface area contributed by atoms with Crippen LogP contribution in [0.2, 0.25) is 0 Å². The molecule has 2 heterocycles. The maximum Gasteiger partial charge on any atom is 0.416 e. The van der Waals surface area contributed by atoms with Gasteiger partial charge in [-0.25, -0.2) is 14.3 Å². The van der Waals surface area contributed by atoms with Gasteiger partial charge in [0, 0.05) is 18.7 Å². The lowest BCUT2D eigenvalue weighted by Gasteiger charge is -2.26. The Morgan fingerprint density at radius 2 is 2.07 bits per heavy atom. The van der Waals surface area contributed by atoms with E-state index in [2.05, 4.69) is 10.1 Å². The molecule has 0 aliphatic heterocycles. The third-order valence-corrected chi connectivity index (χ3v) is 3.73. The number of imidazole rings is 1. The van der Waals surface area contributed by atoms with Crippen LogP contribution in [0.15, 0.2) is 42.6 Å². The van der Waals surface area contributed by atoms with Gasteiger partial charge < -0.3 is 15.6 Å². The number of benzene rings is 1. The van der Waals surface area contributed by atoms with Gasteiger partial charge in [-0.05, 0) is 45.0 Å². The van der Waals surface area contributed by atoms with Crippen LogP contribution in [0.4, 0.5) is 10.6 Å². The molecule has 0 saturated carbocycles. The molecule has 0 atom stereocenters. The van der Waals surface area contributed by atoms with Crippen LogP contribution in [0.25, 0.3) is 16.9 Å². The Kier molecular flexibility index (Phi) is 5.00. The van der Waals surface area contributed by atoms with E-state index in [4.69, 9.17) is 10.5 Å². The topological polar surface area (TPSA) is 106 Å². The normalized spacial score (nSPS) is 11.6. The van der Waals surface area contributed by atoms with Crippen molar-refractivity contribution in [1.82, 2.24) is 14.6 Å². The Hall–Kier alpha value is -3.13. The molecule has 0 aliphatic carbocycles. The summed E-state index contributed by atoms with van der Waals surface area (Å²) in [5, 5.41) is 14.3. The van der Waals surface area contributed by atoms with Crippen LogP contribution in [0.5, 0.6) is 5.75 Å². The maximum absolute atomic E-state index is 12.6. The molecule has 8 heteroatoms. The molecule has 0 aliphatic rings. The Bertz CT molecular complexity index is 961. The van der Waals surface area contributed by atoms with Crippen molar-refractivity contribution in [1.29, 1.82) is 0 Å². The van der Waals surface area contributed by atoms with Crippen LogP contribution in [0.3, 0.4) is 0 Å². The van der Waals surface area contributed by atoms with Crippen molar-refractivity contribution in [3.8, 4) is 17.0 Å². The van der Waals surface area contributed by atoms with Gasteiger partial charge in [-0.2, -0.15) is 0 Å².